The van der Waals surface area contributed by atoms with E-state index in [0.717, 1.165) is 0 Å². The summed E-state index contributed by atoms with van der Waals surface area (Å²) in [6.45, 7) is 3.37. The molecule has 0 N–H and O–H groups in total. The molecule has 0 aromatic heterocycles. The Morgan fingerprint density at radius 3 is 2.38 bits per heavy atom. The number of rotatable bonds is 2. The first kappa shape index (κ1) is 9.64. The summed E-state index contributed by atoms with van der Waals surface area (Å²) < 4.78 is 39.2. The van der Waals surface area contributed by atoms with Crippen LogP contribution in [-0.2, 0) is 0 Å². The van der Waals surface area contributed by atoms with Crippen LogP contribution in [0.25, 0.3) is 6.08 Å². The number of para-hydroxylation sites is 1. The highest BCUT2D eigenvalue weighted by atomic mass is 19.4. The van der Waals surface area contributed by atoms with Crippen LogP contribution in [-0.4, -0.2) is 6.36 Å². The molecule has 1 aromatic carbocycles. The first-order valence-corrected chi connectivity index (χ1v) is 3.50. The van der Waals surface area contributed by atoms with Gasteiger partial charge >= 0.3 is 6.36 Å². The molecule has 0 aliphatic heterocycles. The van der Waals surface area contributed by atoms with Crippen molar-refractivity contribution in [3.05, 3.63) is 36.4 Å². The first-order valence-electron chi connectivity index (χ1n) is 3.50. The Kier molecular flexibility index (Phi) is 2.60. The van der Waals surface area contributed by atoms with Crippen molar-refractivity contribution in [2.24, 2.45) is 0 Å². The number of ether oxygens (including phenoxy) is 1. The maximum Gasteiger partial charge on any atom is 0.573 e. The van der Waals surface area contributed by atoms with Crippen LogP contribution in [0.3, 0.4) is 0 Å². The molecule has 0 saturated carbocycles. The third kappa shape index (κ3) is 2.82. The van der Waals surface area contributed by atoms with Crippen LogP contribution in [0.5, 0.6) is 5.75 Å². The second-order valence-electron chi connectivity index (χ2n) is 2.29. The van der Waals surface area contributed by atoms with E-state index in [1.54, 1.807) is 6.07 Å². The molecule has 0 unspecified atom stereocenters. The summed E-state index contributed by atoms with van der Waals surface area (Å²) in [5.74, 6) is -0.231. The molecule has 0 fully saturated rings. The van der Waals surface area contributed by atoms with Gasteiger partial charge in [0.25, 0.3) is 0 Å². The van der Waals surface area contributed by atoms with E-state index in [-0.39, 0.29) is 5.75 Å². The molecule has 4 heteroatoms. The van der Waals surface area contributed by atoms with Gasteiger partial charge in [-0.2, -0.15) is 0 Å². The van der Waals surface area contributed by atoms with Crippen LogP contribution < -0.4 is 4.74 Å². The van der Waals surface area contributed by atoms with E-state index < -0.39 is 6.36 Å². The van der Waals surface area contributed by atoms with Gasteiger partial charge in [-0.25, -0.2) is 0 Å². The number of hydrogen-bond donors (Lipinski definition) is 0. The highest BCUT2D eigenvalue weighted by molar-refractivity contribution is 5.55. The second-order valence-corrected chi connectivity index (χ2v) is 2.29. The smallest absolute Gasteiger partial charge is 0.405 e. The average Bonchev–Trinajstić information content (AvgIpc) is 2.02. The molecule has 0 atom stereocenters. The predicted octanol–water partition coefficient (Wildman–Crippen LogP) is 3.23. The summed E-state index contributed by atoms with van der Waals surface area (Å²) in [5.41, 5.74) is 0.319. The zero-order valence-electron chi connectivity index (χ0n) is 6.64. The van der Waals surface area contributed by atoms with Gasteiger partial charge < -0.3 is 4.74 Å². The van der Waals surface area contributed by atoms with Crippen LogP contribution in [0.15, 0.2) is 30.8 Å². The van der Waals surface area contributed by atoms with Gasteiger partial charge in [0.05, 0.1) is 0 Å². The molecule has 0 amide bonds. The van der Waals surface area contributed by atoms with E-state index >= 15 is 0 Å². The van der Waals surface area contributed by atoms with Crippen LogP contribution >= 0.6 is 0 Å². The van der Waals surface area contributed by atoms with E-state index in [4.69, 9.17) is 0 Å². The van der Waals surface area contributed by atoms with Gasteiger partial charge in [-0.1, -0.05) is 30.9 Å². The third-order valence-corrected chi connectivity index (χ3v) is 1.36. The van der Waals surface area contributed by atoms with Crippen molar-refractivity contribution in [2.75, 3.05) is 0 Å². The van der Waals surface area contributed by atoms with E-state index in [1.807, 2.05) is 0 Å². The molecule has 0 bridgehead atoms. The molecule has 0 aliphatic carbocycles. The Morgan fingerprint density at radius 1 is 1.23 bits per heavy atom. The van der Waals surface area contributed by atoms with Gasteiger partial charge in [0.2, 0.25) is 0 Å². The second kappa shape index (κ2) is 3.51. The lowest BCUT2D eigenvalue weighted by Crippen LogP contribution is -2.17. The van der Waals surface area contributed by atoms with Crippen molar-refractivity contribution < 1.29 is 17.9 Å². The molecule has 70 valence electrons. The normalized spacial score (nSPS) is 11.0. The first-order chi connectivity index (χ1) is 6.03. The van der Waals surface area contributed by atoms with Gasteiger partial charge in [-0.15, -0.1) is 13.2 Å². The summed E-state index contributed by atoms with van der Waals surface area (Å²) in [5, 5.41) is 0. The molecule has 0 saturated heterocycles. The minimum absolute atomic E-state index is 0.231. The molecule has 0 spiro atoms. The van der Waals surface area contributed by atoms with E-state index in [9.17, 15) is 13.2 Å². The summed E-state index contributed by atoms with van der Waals surface area (Å²) in [6.07, 6.45) is -3.35. The fourth-order valence-electron chi connectivity index (χ4n) is 0.867. The largest absolute Gasteiger partial charge is 0.573 e. The molecular formula is C9H7F3O. The number of halogens is 3. The minimum atomic E-state index is -4.65. The number of benzene rings is 1. The van der Waals surface area contributed by atoms with Gasteiger partial charge in [0.15, 0.2) is 0 Å². The minimum Gasteiger partial charge on any atom is -0.405 e. The van der Waals surface area contributed by atoms with E-state index in [0.29, 0.717) is 5.56 Å². The summed E-state index contributed by atoms with van der Waals surface area (Å²) in [7, 11) is 0. The van der Waals surface area contributed by atoms with Crippen molar-refractivity contribution in [1.82, 2.24) is 0 Å². The summed E-state index contributed by atoms with van der Waals surface area (Å²) in [4.78, 5) is 0. The topological polar surface area (TPSA) is 9.23 Å². The maximum absolute atomic E-state index is 11.8. The van der Waals surface area contributed by atoms with Crippen LogP contribution in [0, 0.1) is 0 Å². The molecule has 1 rings (SSSR count). The molecule has 1 nitrogen and oxygen atoms in total. The highest BCUT2D eigenvalue weighted by Gasteiger charge is 2.31. The van der Waals surface area contributed by atoms with Gasteiger partial charge in [-0.3, -0.25) is 0 Å². The third-order valence-electron chi connectivity index (χ3n) is 1.36. The molecule has 0 aliphatic rings. The average molecular weight is 188 g/mol. The monoisotopic (exact) mass is 188 g/mol. The van der Waals surface area contributed by atoms with Gasteiger partial charge in [0, 0.05) is 5.56 Å². The molecule has 0 radical (unpaired) electrons. The Morgan fingerprint density at radius 2 is 1.85 bits per heavy atom. The fourth-order valence-corrected chi connectivity index (χ4v) is 0.867. The van der Waals surface area contributed by atoms with Crippen molar-refractivity contribution in [2.45, 2.75) is 6.36 Å². The van der Waals surface area contributed by atoms with Crippen molar-refractivity contribution in [3.8, 4) is 5.75 Å². The Balaban J connectivity index is 2.94. The van der Waals surface area contributed by atoms with Gasteiger partial charge in [0.1, 0.15) is 5.75 Å². The molecule has 1 aromatic rings. The Bertz CT molecular complexity index is 304. The SMILES string of the molecule is C=Cc1ccccc1OC(F)(F)F. The van der Waals surface area contributed by atoms with Gasteiger partial charge in [-0.05, 0) is 6.07 Å². The van der Waals surface area contributed by atoms with Crippen molar-refractivity contribution in [1.29, 1.82) is 0 Å². The summed E-state index contributed by atoms with van der Waals surface area (Å²) >= 11 is 0. The lowest BCUT2D eigenvalue weighted by Gasteiger charge is -2.10. The van der Waals surface area contributed by atoms with Crippen LogP contribution in [0.1, 0.15) is 5.56 Å². The van der Waals surface area contributed by atoms with E-state index in [1.165, 1.54) is 24.3 Å². The molecule has 13 heavy (non-hydrogen) atoms. The van der Waals surface area contributed by atoms with Crippen molar-refractivity contribution in [3.63, 3.8) is 0 Å². The predicted molar refractivity (Wildman–Crippen MR) is 43.2 cm³/mol. The molecular weight excluding hydrogens is 181 g/mol. The lowest BCUT2D eigenvalue weighted by atomic mass is 10.2. The molecule has 0 heterocycles. The zero-order valence-corrected chi connectivity index (χ0v) is 6.64. The van der Waals surface area contributed by atoms with Crippen LogP contribution in [0.4, 0.5) is 13.2 Å². The van der Waals surface area contributed by atoms with E-state index in [2.05, 4.69) is 11.3 Å². The summed E-state index contributed by atoms with van der Waals surface area (Å²) in [6, 6.07) is 5.81. The quantitative estimate of drug-likeness (QED) is 0.692. The maximum atomic E-state index is 11.8. The number of hydrogen-bond acceptors (Lipinski definition) is 1. The van der Waals surface area contributed by atoms with Crippen molar-refractivity contribution >= 4 is 6.08 Å². The highest BCUT2D eigenvalue weighted by Crippen LogP contribution is 2.26. The van der Waals surface area contributed by atoms with Crippen LogP contribution in [0.2, 0.25) is 0 Å². The lowest BCUT2D eigenvalue weighted by molar-refractivity contribution is -0.274. The Labute approximate surface area is 73.4 Å². The number of alkyl halides is 3. The zero-order chi connectivity index (χ0) is 9.90. The standard InChI is InChI=1S/C9H7F3O/c1-2-7-5-3-4-6-8(7)13-9(10,11)12/h2-6H,1H2. The fraction of sp³-hybridized carbons (Fsp3) is 0.111. The Hall–Kier alpha value is -1.45.